The van der Waals surface area contributed by atoms with E-state index in [1.54, 1.807) is 6.20 Å². The number of carbonyl (C=O) groups excluding carboxylic acids is 1. The van der Waals surface area contributed by atoms with Crippen LogP contribution in [0.1, 0.15) is 21.6 Å². The van der Waals surface area contributed by atoms with Gasteiger partial charge in [0.25, 0.3) is 0 Å². The molecule has 1 aromatic carbocycles. The fourth-order valence-corrected chi connectivity index (χ4v) is 3.54. The largest absolute Gasteiger partial charge is 0.465 e. The molecule has 0 fully saturated rings. The minimum Gasteiger partial charge on any atom is -0.465 e. The molecule has 0 amide bonds. The lowest BCUT2D eigenvalue weighted by molar-refractivity contribution is 0.0601. The number of pyridine rings is 1. The van der Waals surface area contributed by atoms with E-state index in [-0.39, 0.29) is 0 Å². The SMILES string of the molecule is COC(=O)c1cnc(C)cc1Nc1cccc2c1N(C)Cc1cn(C)nc1-2. The highest BCUT2D eigenvalue weighted by Gasteiger charge is 2.25. The zero-order valence-corrected chi connectivity index (χ0v) is 15.8. The van der Waals surface area contributed by atoms with Gasteiger partial charge in [0.05, 0.1) is 29.9 Å². The molecule has 0 radical (unpaired) electrons. The van der Waals surface area contributed by atoms with Gasteiger partial charge in [-0.25, -0.2) is 4.79 Å². The van der Waals surface area contributed by atoms with Crippen LogP contribution in [0.4, 0.5) is 17.1 Å². The first-order valence-corrected chi connectivity index (χ1v) is 8.67. The fraction of sp³-hybridized carbons (Fsp3) is 0.250. The van der Waals surface area contributed by atoms with Gasteiger partial charge in [-0.1, -0.05) is 12.1 Å². The number of para-hydroxylation sites is 1. The minimum atomic E-state index is -0.421. The molecule has 4 rings (SSSR count). The Kier molecular flexibility index (Phi) is 4.07. The average molecular weight is 363 g/mol. The van der Waals surface area contributed by atoms with Crippen LogP contribution < -0.4 is 10.2 Å². The first-order chi connectivity index (χ1) is 13.0. The molecule has 0 spiro atoms. The van der Waals surface area contributed by atoms with Gasteiger partial charge in [-0.3, -0.25) is 9.67 Å². The lowest BCUT2D eigenvalue weighted by Gasteiger charge is -2.29. The summed E-state index contributed by atoms with van der Waals surface area (Å²) < 4.78 is 6.74. The van der Waals surface area contributed by atoms with Crippen molar-refractivity contribution in [2.24, 2.45) is 7.05 Å². The van der Waals surface area contributed by atoms with E-state index in [4.69, 9.17) is 4.74 Å². The number of methoxy groups -OCH3 is 1. The highest BCUT2D eigenvalue weighted by molar-refractivity contribution is 5.98. The van der Waals surface area contributed by atoms with E-state index in [1.165, 1.54) is 12.7 Å². The third-order valence-electron chi connectivity index (χ3n) is 4.70. The van der Waals surface area contributed by atoms with E-state index in [0.717, 1.165) is 34.9 Å². The van der Waals surface area contributed by atoms with Crippen molar-refractivity contribution in [2.45, 2.75) is 13.5 Å². The summed E-state index contributed by atoms with van der Waals surface area (Å²) in [6.07, 6.45) is 3.59. The average Bonchev–Trinajstić information content (AvgIpc) is 3.01. The molecule has 3 heterocycles. The van der Waals surface area contributed by atoms with Crippen LogP contribution >= 0.6 is 0 Å². The van der Waals surface area contributed by atoms with Crippen molar-refractivity contribution >= 4 is 23.0 Å². The Balaban J connectivity index is 1.82. The third kappa shape index (κ3) is 2.91. The van der Waals surface area contributed by atoms with Crippen LogP contribution in [-0.2, 0) is 18.3 Å². The van der Waals surface area contributed by atoms with Crippen LogP contribution in [0.15, 0.2) is 36.7 Å². The van der Waals surface area contributed by atoms with E-state index >= 15 is 0 Å². The molecule has 0 saturated heterocycles. The van der Waals surface area contributed by atoms with Gasteiger partial charge in [0, 0.05) is 49.9 Å². The predicted molar refractivity (Wildman–Crippen MR) is 104 cm³/mol. The van der Waals surface area contributed by atoms with Crippen LogP contribution in [0.3, 0.4) is 0 Å². The molecule has 7 heteroatoms. The van der Waals surface area contributed by atoms with Crippen LogP contribution in [-0.4, -0.2) is 34.9 Å². The summed E-state index contributed by atoms with van der Waals surface area (Å²) in [5.74, 6) is -0.421. The molecular formula is C20H21N5O2. The Morgan fingerprint density at radius 2 is 2.07 bits per heavy atom. The molecule has 7 nitrogen and oxygen atoms in total. The topological polar surface area (TPSA) is 72.3 Å². The zero-order valence-electron chi connectivity index (χ0n) is 15.8. The van der Waals surface area contributed by atoms with E-state index in [9.17, 15) is 4.79 Å². The van der Waals surface area contributed by atoms with Gasteiger partial charge in [-0.15, -0.1) is 0 Å². The second kappa shape index (κ2) is 6.42. The Labute approximate surface area is 157 Å². The maximum atomic E-state index is 12.1. The minimum absolute atomic E-state index is 0.401. The molecule has 2 aromatic heterocycles. The first-order valence-electron chi connectivity index (χ1n) is 8.67. The highest BCUT2D eigenvalue weighted by Crippen LogP contribution is 2.43. The summed E-state index contributed by atoms with van der Waals surface area (Å²) in [4.78, 5) is 18.5. The van der Waals surface area contributed by atoms with Crippen molar-refractivity contribution in [1.82, 2.24) is 14.8 Å². The molecule has 1 aliphatic rings. The number of hydrogen-bond acceptors (Lipinski definition) is 6. The Morgan fingerprint density at radius 1 is 1.26 bits per heavy atom. The number of hydrogen-bond donors (Lipinski definition) is 1. The Bertz CT molecular complexity index is 1040. The van der Waals surface area contributed by atoms with E-state index in [2.05, 4.69) is 39.6 Å². The third-order valence-corrected chi connectivity index (χ3v) is 4.70. The van der Waals surface area contributed by atoms with Crippen molar-refractivity contribution < 1.29 is 9.53 Å². The van der Waals surface area contributed by atoms with Gasteiger partial charge >= 0.3 is 5.97 Å². The molecule has 27 heavy (non-hydrogen) atoms. The van der Waals surface area contributed by atoms with Crippen molar-refractivity contribution in [3.05, 3.63) is 53.5 Å². The summed E-state index contributed by atoms with van der Waals surface area (Å²) in [6.45, 7) is 2.66. The van der Waals surface area contributed by atoms with Gasteiger partial charge in [0.2, 0.25) is 0 Å². The van der Waals surface area contributed by atoms with Crippen LogP contribution in [0.25, 0.3) is 11.3 Å². The summed E-state index contributed by atoms with van der Waals surface area (Å²) in [5.41, 5.74) is 7.09. The molecule has 3 aromatic rings. The van der Waals surface area contributed by atoms with Gasteiger partial charge in [0.1, 0.15) is 5.56 Å². The highest BCUT2D eigenvalue weighted by atomic mass is 16.5. The number of fused-ring (bicyclic) bond motifs is 3. The summed E-state index contributed by atoms with van der Waals surface area (Å²) in [5, 5.41) is 8.03. The van der Waals surface area contributed by atoms with Gasteiger partial charge in [0.15, 0.2) is 0 Å². The molecule has 0 bridgehead atoms. The zero-order chi connectivity index (χ0) is 19.1. The lowest BCUT2D eigenvalue weighted by atomic mass is 9.99. The second-order valence-electron chi connectivity index (χ2n) is 6.72. The number of benzene rings is 1. The summed E-state index contributed by atoms with van der Waals surface area (Å²) >= 11 is 0. The number of rotatable bonds is 3. The van der Waals surface area contributed by atoms with Crippen molar-refractivity contribution in [1.29, 1.82) is 0 Å². The van der Waals surface area contributed by atoms with Crippen LogP contribution in [0.5, 0.6) is 0 Å². The maximum Gasteiger partial charge on any atom is 0.341 e. The number of anilines is 3. The quantitative estimate of drug-likeness (QED) is 0.720. The predicted octanol–water partition coefficient (Wildman–Crippen LogP) is 3.27. The maximum absolute atomic E-state index is 12.1. The van der Waals surface area contributed by atoms with Crippen molar-refractivity contribution in [3.8, 4) is 11.3 Å². The normalized spacial score (nSPS) is 12.4. The summed E-state index contributed by atoms with van der Waals surface area (Å²) in [7, 11) is 5.36. The number of nitrogens with one attached hydrogen (secondary N) is 1. The number of ether oxygens (including phenoxy) is 1. The fourth-order valence-electron chi connectivity index (χ4n) is 3.54. The van der Waals surface area contributed by atoms with Crippen molar-refractivity contribution in [2.75, 3.05) is 24.4 Å². The molecule has 0 aliphatic carbocycles. The van der Waals surface area contributed by atoms with Crippen molar-refractivity contribution in [3.63, 3.8) is 0 Å². The van der Waals surface area contributed by atoms with Gasteiger partial charge in [-0.05, 0) is 19.1 Å². The molecule has 0 saturated carbocycles. The van der Waals surface area contributed by atoms with Gasteiger partial charge in [-0.2, -0.15) is 5.10 Å². The molecule has 0 atom stereocenters. The second-order valence-corrected chi connectivity index (χ2v) is 6.72. The summed E-state index contributed by atoms with van der Waals surface area (Å²) in [6, 6.07) is 7.91. The Hall–Kier alpha value is -3.35. The van der Waals surface area contributed by atoms with Crippen LogP contribution in [0, 0.1) is 6.92 Å². The Morgan fingerprint density at radius 3 is 2.85 bits per heavy atom. The monoisotopic (exact) mass is 363 g/mol. The molecule has 1 N–H and O–H groups in total. The number of aromatic nitrogens is 3. The van der Waals surface area contributed by atoms with E-state index < -0.39 is 5.97 Å². The standard InChI is InChI=1S/C20H21N5O2/c1-12-8-17(15(9-21-12)20(26)27-4)22-16-7-5-6-14-18-13(11-25(3)23-18)10-24(2)19(14)16/h5-9,11H,10H2,1-4H3,(H,21,22). The van der Waals surface area contributed by atoms with E-state index in [0.29, 0.717) is 11.3 Å². The number of carbonyl (C=O) groups is 1. The molecule has 0 unspecified atom stereocenters. The molecular weight excluding hydrogens is 342 g/mol. The molecule has 138 valence electrons. The van der Waals surface area contributed by atoms with E-state index in [1.807, 2.05) is 36.9 Å². The lowest BCUT2D eigenvalue weighted by Crippen LogP contribution is -2.22. The number of aryl methyl sites for hydroxylation is 2. The van der Waals surface area contributed by atoms with Crippen LogP contribution in [0.2, 0.25) is 0 Å². The van der Waals surface area contributed by atoms with Gasteiger partial charge < -0.3 is 15.0 Å². The first kappa shape index (κ1) is 17.1. The smallest absolute Gasteiger partial charge is 0.341 e. The molecule has 1 aliphatic heterocycles. The number of esters is 1. The number of nitrogens with zero attached hydrogens (tertiary/aromatic N) is 4.